The van der Waals surface area contributed by atoms with E-state index in [9.17, 15) is 10.1 Å². The number of aliphatic hydroxyl groups excluding tert-OH is 1. The van der Waals surface area contributed by atoms with E-state index in [1.54, 1.807) is 19.2 Å². The van der Waals surface area contributed by atoms with E-state index in [1.807, 2.05) is 4.90 Å². The Morgan fingerprint density at radius 1 is 1.35 bits per heavy atom. The van der Waals surface area contributed by atoms with Crippen LogP contribution >= 0.6 is 0 Å². The molecule has 1 N–H and O–H groups in total. The molecule has 1 aromatic carbocycles. The van der Waals surface area contributed by atoms with E-state index in [-0.39, 0.29) is 17.2 Å². The number of rotatable bonds is 5. The largest absolute Gasteiger partial charge is 0.497 e. The highest BCUT2D eigenvalue weighted by atomic mass is 16.6. The summed E-state index contributed by atoms with van der Waals surface area (Å²) in [5.74, 6) is 0.614. The first-order valence-corrected chi connectivity index (χ1v) is 6.56. The molecule has 1 aliphatic heterocycles. The Morgan fingerprint density at radius 3 is 2.60 bits per heavy atom. The summed E-state index contributed by atoms with van der Waals surface area (Å²) in [4.78, 5) is 14.9. The van der Waals surface area contributed by atoms with Gasteiger partial charge >= 0.3 is 0 Å². The third-order valence-corrected chi connectivity index (χ3v) is 3.51. The van der Waals surface area contributed by atoms with Gasteiger partial charge in [-0.2, -0.15) is 0 Å². The van der Waals surface area contributed by atoms with Crippen molar-refractivity contribution in [3.8, 4) is 5.75 Å². The molecule has 0 spiro atoms. The predicted octanol–water partition coefficient (Wildman–Crippen LogP) is 0.718. The van der Waals surface area contributed by atoms with Crippen molar-refractivity contribution in [2.45, 2.75) is 0 Å². The molecule has 0 radical (unpaired) electrons. The summed E-state index contributed by atoms with van der Waals surface area (Å²) in [5.41, 5.74) is 0.694. The van der Waals surface area contributed by atoms with Crippen LogP contribution in [0.1, 0.15) is 0 Å². The molecule has 0 atom stereocenters. The standard InChI is InChI=1S/C13H19N3O4/c1-20-11-2-3-12(16(18)19)13(10-11)15-6-4-14(5-7-15)8-9-17/h2-3,10,17H,4-9H2,1H3. The summed E-state index contributed by atoms with van der Waals surface area (Å²) in [6, 6.07) is 4.79. The zero-order valence-corrected chi connectivity index (χ0v) is 11.5. The van der Waals surface area contributed by atoms with Crippen molar-refractivity contribution in [1.82, 2.24) is 4.90 Å². The van der Waals surface area contributed by atoms with Crippen molar-refractivity contribution in [2.75, 3.05) is 51.3 Å². The van der Waals surface area contributed by atoms with Crippen LogP contribution < -0.4 is 9.64 Å². The van der Waals surface area contributed by atoms with Crippen LogP contribution in [0.4, 0.5) is 11.4 Å². The molecule has 1 heterocycles. The maximum Gasteiger partial charge on any atom is 0.292 e. The fraction of sp³-hybridized carbons (Fsp3) is 0.538. The molecule has 1 fully saturated rings. The van der Waals surface area contributed by atoms with Crippen molar-refractivity contribution >= 4 is 11.4 Å². The van der Waals surface area contributed by atoms with Gasteiger partial charge in [-0.15, -0.1) is 0 Å². The van der Waals surface area contributed by atoms with Gasteiger partial charge in [0.1, 0.15) is 11.4 Å². The lowest BCUT2D eigenvalue weighted by Gasteiger charge is -2.35. The van der Waals surface area contributed by atoms with E-state index < -0.39 is 0 Å². The SMILES string of the molecule is COc1ccc([N+](=O)[O-])c(N2CCN(CCO)CC2)c1. The number of piperazine rings is 1. The van der Waals surface area contributed by atoms with E-state index in [4.69, 9.17) is 9.84 Å². The molecule has 1 aromatic rings. The Labute approximate surface area is 117 Å². The minimum Gasteiger partial charge on any atom is -0.497 e. The molecule has 0 aromatic heterocycles. The van der Waals surface area contributed by atoms with Gasteiger partial charge < -0.3 is 14.7 Å². The van der Waals surface area contributed by atoms with Crippen molar-refractivity contribution in [3.05, 3.63) is 28.3 Å². The number of benzene rings is 1. The number of hydrogen-bond donors (Lipinski definition) is 1. The number of β-amino-alcohol motifs (C(OH)–C–C–N with tert-alkyl or cyclic N) is 1. The first kappa shape index (κ1) is 14.5. The molecule has 0 saturated carbocycles. The fourth-order valence-electron chi connectivity index (χ4n) is 2.39. The average Bonchev–Trinajstić information content (AvgIpc) is 2.47. The normalized spacial score (nSPS) is 16.2. The Balaban J connectivity index is 2.17. The van der Waals surface area contributed by atoms with Gasteiger partial charge in [-0.05, 0) is 6.07 Å². The number of nitrogens with zero attached hydrogens (tertiary/aromatic N) is 3. The van der Waals surface area contributed by atoms with Gasteiger partial charge in [0.05, 0.1) is 18.6 Å². The summed E-state index contributed by atoms with van der Waals surface area (Å²) in [7, 11) is 1.55. The van der Waals surface area contributed by atoms with Crippen LogP contribution in [0.3, 0.4) is 0 Å². The lowest BCUT2D eigenvalue weighted by molar-refractivity contribution is -0.384. The Bertz CT molecular complexity index is 473. The maximum atomic E-state index is 11.1. The average molecular weight is 281 g/mol. The van der Waals surface area contributed by atoms with Crippen LogP contribution in [0.25, 0.3) is 0 Å². The predicted molar refractivity (Wildman–Crippen MR) is 75.4 cm³/mol. The first-order valence-electron chi connectivity index (χ1n) is 6.56. The smallest absolute Gasteiger partial charge is 0.292 e. The lowest BCUT2D eigenvalue weighted by atomic mass is 10.2. The van der Waals surface area contributed by atoms with Crippen LogP contribution in [0, 0.1) is 10.1 Å². The van der Waals surface area contributed by atoms with Gasteiger partial charge in [0.25, 0.3) is 5.69 Å². The highest BCUT2D eigenvalue weighted by Crippen LogP contribution is 2.32. The monoisotopic (exact) mass is 281 g/mol. The van der Waals surface area contributed by atoms with Crippen molar-refractivity contribution < 1.29 is 14.8 Å². The number of aliphatic hydroxyl groups is 1. The van der Waals surface area contributed by atoms with Gasteiger partial charge in [-0.3, -0.25) is 15.0 Å². The number of nitro groups is 1. The van der Waals surface area contributed by atoms with E-state index in [0.717, 1.165) is 13.1 Å². The molecule has 7 nitrogen and oxygen atoms in total. The Hall–Kier alpha value is -1.86. The topological polar surface area (TPSA) is 79.1 Å². The summed E-state index contributed by atoms with van der Waals surface area (Å²) >= 11 is 0. The molecule has 0 unspecified atom stereocenters. The summed E-state index contributed by atoms with van der Waals surface area (Å²) < 4.78 is 5.15. The minimum absolute atomic E-state index is 0.0985. The minimum atomic E-state index is -0.366. The van der Waals surface area contributed by atoms with Crippen LogP contribution in [0.2, 0.25) is 0 Å². The van der Waals surface area contributed by atoms with Gasteiger partial charge in [0.15, 0.2) is 0 Å². The van der Waals surface area contributed by atoms with Crippen molar-refractivity contribution in [1.29, 1.82) is 0 Å². The van der Waals surface area contributed by atoms with Gasteiger partial charge in [0.2, 0.25) is 0 Å². The second-order valence-corrected chi connectivity index (χ2v) is 4.66. The number of hydrogen-bond acceptors (Lipinski definition) is 6. The molecule has 0 bridgehead atoms. The quantitative estimate of drug-likeness (QED) is 0.633. The molecule has 0 aliphatic carbocycles. The van der Waals surface area contributed by atoms with Crippen LogP contribution in [-0.4, -0.2) is 61.4 Å². The fourth-order valence-corrected chi connectivity index (χ4v) is 2.39. The molecular weight excluding hydrogens is 262 g/mol. The second-order valence-electron chi connectivity index (χ2n) is 4.66. The maximum absolute atomic E-state index is 11.1. The lowest BCUT2D eigenvalue weighted by Crippen LogP contribution is -2.47. The molecule has 110 valence electrons. The number of ether oxygens (including phenoxy) is 1. The summed E-state index contributed by atoms with van der Waals surface area (Å²) in [6.07, 6.45) is 0. The third-order valence-electron chi connectivity index (χ3n) is 3.51. The number of anilines is 1. The number of methoxy groups -OCH3 is 1. The number of nitro benzene ring substituents is 1. The molecule has 7 heteroatoms. The summed E-state index contributed by atoms with van der Waals surface area (Å²) in [5, 5.41) is 20.1. The van der Waals surface area contributed by atoms with Crippen LogP contribution in [0.15, 0.2) is 18.2 Å². The highest BCUT2D eigenvalue weighted by molar-refractivity contribution is 5.66. The Kier molecular flexibility index (Phi) is 4.75. The molecule has 1 aliphatic rings. The zero-order valence-electron chi connectivity index (χ0n) is 11.5. The van der Waals surface area contributed by atoms with Crippen molar-refractivity contribution in [2.24, 2.45) is 0 Å². The van der Waals surface area contributed by atoms with E-state index in [1.165, 1.54) is 6.07 Å². The second kappa shape index (κ2) is 6.53. The van der Waals surface area contributed by atoms with E-state index in [2.05, 4.69) is 4.90 Å². The zero-order chi connectivity index (χ0) is 14.5. The van der Waals surface area contributed by atoms with E-state index in [0.29, 0.717) is 31.1 Å². The van der Waals surface area contributed by atoms with Gasteiger partial charge in [-0.1, -0.05) is 0 Å². The third kappa shape index (κ3) is 3.17. The van der Waals surface area contributed by atoms with Crippen LogP contribution in [-0.2, 0) is 0 Å². The molecule has 2 rings (SSSR count). The van der Waals surface area contributed by atoms with Crippen molar-refractivity contribution in [3.63, 3.8) is 0 Å². The molecule has 20 heavy (non-hydrogen) atoms. The molecule has 1 saturated heterocycles. The first-order chi connectivity index (χ1) is 9.65. The van der Waals surface area contributed by atoms with Gasteiger partial charge in [-0.25, -0.2) is 0 Å². The van der Waals surface area contributed by atoms with E-state index >= 15 is 0 Å². The Morgan fingerprint density at radius 2 is 2.05 bits per heavy atom. The molecule has 0 amide bonds. The summed E-state index contributed by atoms with van der Waals surface area (Å²) in [6.45, 7) is 3.76. The van der Waals surface area contributed by atoms with Crippen LogP contribution in [0.5, 0.6) is 5.75 Å². The molecular formula is C13H19N3O4. The highest BCUT2D eigenvalue weighted by Gasteiger charge is 2.24. The van der Waals surface area contributed by atoms with Gasteiger partial charge in [0, 0.05) is 44.9 Å².